The fourth-order valence-corrected chi connectivity index (χ4v) is 1.09. The number of aliphatic hydroxyl groups is 1. The molecular formula is C11H15NO2. The molecular weight excluding hydrogens is 178 g/mol. The van der Waals surface area contributed by atoms with Crippen LogP contribution in [0.1, 0.15) is 31.9 Å². The number of rotatable bonds is 3. The third kappa shape index (κ3) is 2.85. The maximum absolute atomic E-state index is 11.0. The second-order valence-electron chi connectivity index (χ2n) is 3.20. The Morgan fingerprint density at radius 2 is 2.00 bits per heavy atom. The van der Waals surface area contributed by atoms with Crippen LogP contribution in [0.4, 0.5) is 5.69 Å². The van der Waals surface area contributed by atoms with Gasteiger partial charge in [0.15, 0.2) is 0 Å². The van der Waals surface area contributed by atoms with Crippen molar-refractivity contribution in [3.05, 3.63) is 29.8 Å². The molecule has 76 valence electrons. The van der Waals surface area contributed by atoms with Gasteiger partial charge in [0.25, 0.3) is 0 Å². The highest BCUT2D eigenvalue weighted by Gasteiger charge is 2.01. The van der Waals surface area contributed by atoms with Crippen molar-refractivity contribution in [2.24, 2.45) is 0 Å². The molecule has 1 amide bonds. The summed E-state index contributed by atoms with van der Waals surface area (Å²) in [5.41, 5.74) is 1.61. The van der Waals surface area contributed by atoms with Crippen molar-refractivity contribution in [2.75, 3.05) is 5.32 Å². The van der Waals surface area contributed by atoms with Gasteiger partial charge in [0.05, 0.1) is 6.10 Å². The van der Waals surface area contributed by atoms with Crippen molar-refractivity contribution in [1.29, 1.82) is 0 Å². The topological polar surface area (TPSA) is 49.3 Å². The molecule has 0 heterocycles. The largest absolute Gasteiger partial charge is 0.389 e. The summed E-state index contributed by atoms with van der Waals surface area (Å²) in [4.78, 5) is 11.0. The van der Waals surface area contributed by atoms with E-state index in [0.29, 0.717) is 6.42 Å². The molecule has 0 aliphatic heterocycles. The van der Waals surface area contributed by atoms with E-state index in [1.807, 2.05) is 0 Å². The molecule has 2 N–H and O–H groups in total. The van der Waals surface area contributed by atoms with E-state index in [2.05, 4.69) is 5.32 Å². The number of carbonyl (C=O) groups is 1. The van der Waals surface area contributed by atoms with Gasteiger partial charge in [-0.3, -0.25) is 4.79 Å². The average molecular weight is 193 g/mol. The van der Waals surface area contributed by atoms with Crippen LogP contribution in [0.25, 0.3) is 0 Å². The minimum atomic E-state index is -0.467. The molecule has 1 unspecified atom stereocenters. The van der Waals surface area contributed by atoms with Crippen LogP contribution in [0, 0.1) is 0 Å². The molecule has 1 rings (SSSR count). The Morgan fingerprint density at radius 3 is 2.43 bits per heavy atom. The van der Waals surface area contributed by atoms with Crippen LogP contribution in [0.2, 0.25) is 0 Å². The summed E-state index contributed by atoms with van der Waals surface area (Å²) >= 11 is 0. The molecule has 14 heavy (non-hydrogen) atoms. The lowest BCUT2D eigenvalue weighted by Crippen LogP contribution is -2.09. The van der Waals surface area contributed by atoms with E-state index < -0.39 is 6.10 Å². The molecule has 1 atom stereocenters. The number of aliphatic hydroxyl groups excluding tert-OH is 1. The molecule has 3 nitrogen and oxygen atoms in total. The Bertz CT molecular complexity index is 304. The Hall–Kier alpha value is -1.35. The highest BCUT2D eigenvalue weighted by molar-refractivity contribution is 5.90. The molecule has 0 fully saturated rings. The maximum atomic E-state index is 11.0. The summed E-state index contributed by atoms with van der Waals surface area (Å²) in [6, 6.07) is 7.18. The number of benzene rings is 1. The van der Waals surface area contributed by atoms with E-state index in [0.717, 1.165) is 11.3 Å². The minimum Gasteiger partial charge on any atom is -0.389 e. The Balaban J connectivity index is 2.69. The molecule has 0 saturated carbocycles. The smallest absolute Gasteiger partial charge is 0.224 e. The zero-order valence-corrected chi connectivity index (χ0v) is 8.45. The summed E-state index contributed by atoms with van der Waals surface area (Å²) in [5.74, 6) is -0.00482. The van der Waals surface area contributed by atoms with Crippen molar-refractivity contribution in [3.8, 4) is 0 Å². The first kappa shape index (κ1) is 10.7. The Kier molecular flexibility index (Phi) is 3.65. The average Bonchev–Trinajstić information content (AvgIpc) is 2.18. The van der Waals surface area contributed by atoms with Gasteiger partial charge in [-0.2, -0.15) is 0 Å². The predicted molar refractivity (Wildman–Crippen MR) is 56.0 cm³/mol. The first-order valence-electron chi connectivity index (χ1n) is 4.71. The fraction of sp³-hybridized carbons (Fsp3) is 0.364. The van der Waals surface area contributed by atoms with Crippen LogP contribution < -0.4 is 5.32 Å². The molecule has 0 spiro atoms. The van der Waals surface area contributed by atoms with E-state index in [1.54, 1.807) is 38.1 Å². The molecule has 0 radical (unpaired) electrons. The number of anilines is 1. The molecule has 0 saturated heterocycles. The van der Waals surface area contributed by atoms with E-state index in [1.165, 1.54) is 0 Å². The lowest BCUT2D eigenvalue weighted by atomic mass is 10.1. The number of hydrogen-bond donors (Lipinski definition) is 2. The third-order valence-corrected chi connectivity index (χ3v) is 2.00. The van der Waals surface area contributed by atoms with Crippen molar-refractivity contribution in [3.63, 3.8) is 0 Å². The van der Waals surface area contributed by atoms with Gasteiger partial charge in [0, 0.05) is 12.1 Å². The van der Waals surface area contributed by atoms with Gasteiger partial charge in [0.1, 0.15) is 0 Å². The van der Waals surface area contributed by atoms with E-state index in [9.17, 15) is 9.90 Å². The third-order valence-electron chi connectivity index (χ3n) is 2.00. The number of amides is 1. The molecule has 0 aromatic heterocycles. The van der Waals surface area contributed by atoms with E-state index in [-0.39, 0.29) is 5.91 Å². The lowest BCUT2D eigenvalue weighted by molar-refractivity contribution is -0.115. The SMILES string of the molecule is CCC(=O)Nc1ccc(C(C)O)cc1. The van der Waals surface area contributed by atoms with Crippen LogP contribution in [0.15, 0.2) is 24.3 Å². The highest BCUT2D eigenvalue weighted by Crippen LogP contribution is 2.15. The Labute approximate surface area is 83.8 Å². The van der Waals surface area contributed by atoms with Crippen molar-refractivity contribution >= 4 is 11.6 Å². The van der Waals surface area contributed by atoms with E-state index >= 15 is 0 Å². The quantitative estimate of drug-likeness (QED) is 0.772. The summed E-state index contributed by atoms with van der Waals surface area (Å²) < 4.78 is 0. The minimum absolute atomic E-state index is 0.00482. The maximum Gasteiger partial charge on any atom is 0.224 e. The molecule has 1 aromatic carbocycles. The number of carbonyl (C=O) groups excluding carboxylic acids is 1. The van der Waals surface area contributed by atoms with Crippen LogP contribution in [-0.4, -0.2) is 11.0 Å². The van der Waals surface area contributed by atoms with Crippen molar-refractivity contribution in [1.82, 2.24) is 0 Å². The fourth-order valence-electron chi connectivity index (χ4n) is 1.09. The number of nitrogens with one attached hydrogen (secondary N) is 1. The second kappa shape index (κ2) is 4.77. The summed E-state index contributed by atoms with van der Waals surface area (Å²) in [6.07, 6.45) is 0.00366. The van der Waals surface area contributed by atoms with Crippen LogP contribution in [0.3, 0.4) is 0 Å². The summed E-state index contributed by atoms with van der Waals surface area (Å²) in [7, 11) is 0. The van der Waals surface area contributed by atoms with Gasteiger partial charge in [-0.25, -0.2) is 0 Å². The van der Waals surface area contributed by atoms with Crippen molar-refractivity contribution in [2.45, 2.75) is 26.4 Å². The van der Waals surface area contributed by atoms with E-state index in [4.69, 9.17) is 0 Å². The zero-order valence-electron chi connectivity index (χ0n) is 8.45. The van der Waals surface area contributed by atoms with Crippen molar-refractivity contribution < 1.29 is 9.90 Å². The van der Waals surface area contributed by atoms with Gasteiger partial charge in [-0.05, 0) is 24.6 Å². The van der Waals surface area contributed by atoms with Gasteiger partial charge >= 0.3 is 0 Å². The van der Waals surface area contributed by atoms with Crippen LogP contribution in [0.5, 0.6) is 0 Å². The molecule has 0 aliphatic rings. The molecule has 0 bridgehead atoms. The van der Waals surface area contributed by atoms with Gasteiger partial charge in [-0.1, -0.05) is 19.1 Å². The van der Waals surface area contributed by atoms with Crippen LogP contribution >= 0.6 is 0 Å². The number of hydrogen-bond acceptors (Lipinski definition) is 2. The monoisotopic (exact) mass is 193 g/mol. The first-order chi connectivity index (χ1) is 6.63. The van der Waals surface area contributed by atoms with Gasteiger partial charge < -0.3 is 10.4 Å². The second-order valence-corrected chi connectivity index (χ2v) is 3.20. The molecule has 3 heteroatoms. The highest BCUT2D eigenvalue weighted by atomic mass is 16.3. The molecule has 0 aliphatic carbocycles. The van der Waals surface area contributed by atoms with Crippen LogP contribution in [-0.2, 0) is 4.79 Å². The standard InChI is InChI=1S/C11H15NO2/c1-3-11(14)12-10-6-4-9(5-7-10)8(2)13/h4-8,13H,3H2,1-2H3,(H,12,14). The summed E-state index contributed by atoms with van der Waals surface area (Å²) in [6.45, 7) is 3.51. The summed E-state index contributed by atoms with van der Waals surface area (Å²) in [5, 5.41) is 12.0. The first-order valence-corrected chi connectivity index (χ1v) is 4.71. The van der Waals surface area contributed by atoms with Gasteiger partial charge in [0.2, 0.25) is 5.91 Å². The Morgan fingerprint density at radius 1 is 1.43 bits per heavy atom. The molecule has 1 aromatic rings. The lowest BCUT2D eigenvalue weighted by Gasteiger charge is -2.06. The predicted octanol–water partition coefficient (Wildman–Crippen LogP) is 2.09. The normalized spacial score (nSPS) is 12.2. The van der Waals surface area contributed by atoms with Gasteiger partial charge in [-0.15, -0.1) is 0 Å². The zero-order chi connectivity index (χ0) is 10.6.